The molecule has 0 saturated heterocycles. The number of rotatable bonds is 4. The van der Waals surface area contributed by atoms with E-state index < -0.39 is 5.91 Å². The minimum atomic E-state index is -0.428. The third-order valence-corrected chi connectivity index (χ3v) is 7.86. The third-order valence-electron chi connectivity index (χ3n) is 6.89. The van der Waals surface area contributed by atoms with Crippen molar-refractivity contribution in [1.29, 1.82) is 0 Å². The number of primary amides is 1. The van der Waals surface area contributed by atoms with Crippen molar-refractivity contribution in [3.63, 3.8) is 0 Å². The first-order chi connectivity index (χ1) is 15.5. The summed E-state index contributed by atoms with van der Waals surface area (Å²) in [5, 5.41) is 0.518. The maximum absolute atomic E-state index is 14.3. The van der Waals surface area contributed by atoms with E-state index in [4.69, 9.17) is 10.7 Å². The van der Waals surface area contributed by atoms with Crippen LogP contribution in [0, 0.1) is 6.92 Å². The topological polar surface area (TPSA) is 78.0 Å². The van der Waals surface area contributed by atoms with Crippen LogP contribution in [0.4, 0.5) is 0 Å². The quantitative estimate of drug-likeness (QED) is 0.472. The molecule has 0 aliphatic heterocycles. The van der Waals surface area contributed by atoms with Crippen LogP contribution in [-0.2, 0) is 16.6 Å². The molecule has 1 spiro atoms. The summed E-state index contributed by atoms with van der Waals surface area (Å²) in [6, 6.07) is 16.1. The number of thioether (sulfide) groups is 1. The van der Waals surface area contributed by atoms with Gasteiger partial charge in [-0.2, -0.15) is 0 Å². The van der Waals surface area contributed by atoms with Gasteiger partial charge in [-0.1, -0.05) is 73.5 Å². The Balaban J connectivity index is 1.83. The Bertz CT molecular complexity index is 1260. The van der Waals surface area contributed by atoms with Crippen LogP contribution in [-0.4, -0.2) is 21.2 Å². The number of nitrogens with two attached hydrogens (primary N) is 1. The lowest BCUT2D eigenvalue weighted by atomic mass is 9.62. The zero-order valence-corrected chi connectivity index (χ0v) is 19.1. The van der Waals surface area contributed by atoms with Crippen molar-refractivity contribution in [3.8, 4) is 16.9 Å². The molecule has 0 unspecified atom stereocenters. The standard InChI is InChI=1S/C26H27N3O2S/c1-17-9-3-6-12-20(17)29-24(31)22-23(28-25(29)32-16-21(27)30)19-11-5-4-10-18(19)15-26(22)13-7-2-8-14-26/h3-6,9-12H,2,7-8,13-16H2,1H3,(H2,27,30). The Morgan fingerprint density at radius 2 is 1.81 bits per heavy atom. The van der Waals surface area contributed by atoms with E-state index >= 15 is 0 Å². The van der Waals surface area contributed by atoms with Gasteiger partial charge in [0.1, 0.15) is 0 Å². The minimum Gasteiger partial charge on any atom is -0.369 e. The van der Waals surface area contributed by atoms with Gasteiger partial charge in [0, 0.05) is 11.0 Å². The summed E-state index contributed by atoms with van der Waals surface area (Å²) in [6.45, 7) is 2.00. The molecule has 2 aliphatic carbocycles. The van der Waals surface area contributed by atoms with E-state index in [9.17, 15) is 9.59 Å². The minimum absolute atomic E-state index is 0.00678. The first-order valence-corrected chi connectivity index (χ1v) is 12.2. The molecule has 32 heavy (non-hydrogen) atoms. The highest BCUT2D eigenvalue weighted by molar-refractivity contribution is 7.99. The Kier molecular flexibility index (Phi) is 5.41. The van der Waals surface area contributed by atoms with Crippen molar-refractivity contribution in [2.75, 3.05) is 5.75 Å². The molecule has 0 atom stereocenters. The lowest BCUT2D eigenvalue weighted by molar-refractivity contribution is -0.115. The van der Waals surface area contributed by atoms with Crippen LogP contribution in [0.25, 0.3) is 16.9 Å². The molecule has 6 heteroatoms. The average molecular weight is 446 g/mol. The fourth-order valence-corrected chi connectivity index (χ4v) is 6.18. The highest BCUT2D eigenvalue weighted by Crippen LogP contribution is 2.49. The molecular weight excluding hydrogens is 418 g/mol. The lowest BCUT2D eigenvalue weighted by Gasteiger charge is -2.42. The van der Waals surface area contributed by atoms with Crippen molar-refractivity contribution >= 4 is 17.7 Å². The van der Waals surface area contributed by atoms with E-state index in [-0.39, 0.29) is 16.7 Å². The number of aryl methyl sites for hydroxylation is 1. The maximum Gasteiger partial charge on any atom is 0.263 e. The fraction of sp³-hybridized carbons (Fsp3) is 0.346. The SMILES string of the molecule is Cc1ccccc1-n1c(SCC(N)=O)nc2c(c1=O)C1(CCCCC1)Cc1ccccc1-2. The van der Waals surface area contributed by atoms with Gasteiger partial charge in [0.05, 0.1) is 22.7 Å². The summed E-state index contributed by atoms with van der Waals surface area (Å²) < 4.78 is 1.71. The zero-order chi connectivity index (χ0) is 22.3. The molecule has 1 heterocycles. The summed E-state index contributed by atoms with van der Waals surface area (Å²) in [6.07, 6.45) is 6.37. The van der Waals surface area contributed by atoms with E-state index in [1.165, 1.54) is 23.7 Å². The molecule has 1 aromatic heterocycles. The molecule has 2 N–H and O–H groups in total. The van der Waals surface area contributed by atoms with Crippen LogP contribution in [0.1, 0.15) is 48.8 Å². The number of nitrogens with zero attached hydrogens (tertiary/aromatic N) is 2. The Morgan fingerprint density at radius 3 is 2.56 bits per heavy atom. The van der Waals surface area contributed by atoms with Crippen molar-refractivity contribution < 1.29 is 4.79 Å². The predicted octanol–water partition coefficient (Wildman–Crippen LogP) is 4.54. The third kappa shape index (κ3) is 3.47. The lowest BCUT2D eigenvalue weighted by Crippen LogP contribution is -2.43. The zero-order valence-electron chi connectivity index (χ0n) is 18.3. The highest BCUT2D eigenvalue weighted by Gasteiger charge is 2.43. The molecule has 3 aromatic rings. The van der Waals surface area contributed by atoms with Crippen molar-refractivity contribution in [2.24, 2.45) is 5.73 Å². The molecule has 1 fully saturated rings. The molecule has 0 radical (unpaired) electrons. The summed E-state index contributed by atoms with van der Waals surface area (Å²) in [7, 11) is 0. The predicted molar refractivity (Wildman–Crippen MR) is 128 cm³/mol. The number of hydrogen-bond donors (Lipinski definition) is 1. The smallest absolute Gasteiger partial charge is 0.263 e. The number of aromatic nitrogens is 2. The number of carbonyl (C=O) groups is 1. The second-order valence-electron chi connectivity index (χ2n) is 8.97. The normalized spacial score (nSPS) is 16.4. The number of hydrogen-bond acceptors (Lipinski definition) is 4. The molecule has 1 saturated carbocycles. The van der Waals surface area contributed by atoms with Crippen molar-refractivity contribution in [2.45, 2.75) is 56.0 Å². The Hall–Kier alpha value is -2.86. The number of carbonyl (C=O) groups excluding carboxylic acids is 1. The summed E-state index contributed by atoms with van der Waals surface area (Å²) in [5.41, 5.74) is 11.0. The fourth-order valence-electron chi connectivity index (χ4n) is 5.45. The molecular formula is C26H27N3O2S. The maximum atomic E-state index is 14.3. The molecule has 2 aliphatic rings. The summed E-state index contributed by atoms with van der Waals surface area (Å²) in [4.78, 5) is 31.0. The van der Waals surface area contributed by atoms with Gasteiger partial charge in [-0.05, 0) is 43.4 Å². The second-order valence-corrected chi connectivity index (χ2v) is 9.92. The van der Waals surface area contributed by atoms with E-state index in [1.54, 1.807) is 4.57 Å². The van der Waals surface area contributed by atoms with Crippen LogP contribution in [0.15, 0.2) is 58.5 Å². The summed E-state index contributed by atoms with van der Waals surface area (Å²) in [5.74, 6) is -0.355. The van der Waals surface area contributed by atoms with E-state index in [1.807, 2.05) is 37.3 Å². The molecule has 0 bridgehead atoms. The van der Waals surface area contributed by atoms with Gasteiger partial charge >= 0.3 is 0 Å². The Morgan fingerprint density at radius 1 is 1.09 bits per heavy atom. The van der Waals surface area contributed by atoms with Gasteiger partial charge in [-0.3, -0.25) is 14.2 Å². The van der Waals surface area contributed by atoms with Crippen LogP contribution in [0.2, 0.25) is 0 Å². The van der Waals surface area contributed by atoms with Gasteiger partial charge in [-0.25, -0.2) is 4.98 Å². The molecule has 2 aromatic carbocycles. The van der Waals surface area contributed by atoms with Gasteiger partial charge < -0.3 is 5.73 Å². The number of fused-ring (bicyclic) bond motifs is 4. The number of para-hydroxylation sites is 1. The van der Waals surface area contributed by atoms with Crippen LogP contribution >= 0.6 is 11.8 Å². The molecule has 5 nitrogen and oxygen atoms in total. The van der Waals surface area contributed by atoms with Crippen LogP contribution in [0.3, 0.4) is 0 Å². The molecule has 5 rings (SSSR count). The molecule has 1 amide bonds. The van der Waals surface area contributed by atoms with Gasteiger partial charge in [0.25, 0.3) is 5.56 Å². The average Bonchev–Trinajstić information content (AvgIpc) is 2.79. The summed E-state index contributed by atoms with van der Waals surface area (Å²) >= 11 is 1.23. The van der Waals surface area contributed by atoms with Crippen molar-refractivity contribution in [1.82, 2.24) is 9.55 Å². The number of amides is 1. The van der Waals surface area contributed by atoms with Crippen molar-refractivity contribution in [3.05, 3.63) is 75.6 Å². The van der Waals surface area contributed by atoms with Gasteiger partial charge in [0.2, 0.25) is 5.91 Å². The van der Waals surface area contributed by atoms with Gasteiger partial charge in [-0.15, -0.1) is 0 Å². The number of benzene rings is 2. The highest BCUT2D eigenvalue weighted by atomic mass is 32.2. The largest absolute Gasteiger partial charge is 0.369 e. The second kappa shape index (κ2) is 8.24. The Labute approximate surface area is 192 Å². The first-order valence-electron chi connectivity index (χ1n) is 11.2. The monoisotopic (exact) mass is 445 g/mol. The van der Waals surface area contributed by atoms with E-state index in [0.717, 1.165) is 60.2 Å². The molecule has 164 valence electrons. The van der Waals surface area contributed by atoms with Crippen LogP contribution < -0.4 is 11.3 Å². The first kappa shape index (κ1) is 21.0. The van der Waals surface area contributed by atoms with E-state index in [2.05, 4.69) is 18.2 Å². The van der Waals surface area contributed by atoms with Gasteiger partial charge in [0.15, 0.2) is 5.16 Å². The van der Waals surface area contributed by atoms with E-state index in [0.29, 0.717) is 5.16 Å². The van der Waals surface area contributed by atoms with Crippen LogP contribution in [0.5, 0.6) is 0 Å².